The Kier molecular flexibility index (Phi) is 4.65. The number of nitrogens with one attached hydrogen (secondary N) is 1. The molecule has 1 fully saturated rings. The fourth-order valence-corrected chi connectivity index (χ4v) is 3.27. The maximum atomic E-state index is 12.4. The molecule has 2 N–H and O–H groups in total. The van der Waals surface area contributed by atoms with Crippen LogP contribution in [0.4, 0.5) is 0 Å². The van der Waals surface area contributed by atoms with Crippen LogP contribution in [0, 0.1) is 0 Å². The molecular weight excluding hydrogens is 276 g/mol. The smallest absolute Gasteiger partial charge is 0.305 e. The van der Waals surface area contributed by atoms with Crippen LogP contribution in [0.3, 0.4) is 0 Å². The zero-order chi connectivity index (χ0) is 14.6. The maximum absolute atomic E-state index is 12.4. The van der Waals surface area contributed by atoms with Gasteiger partial charge in [0.25, 0.3) is 5.91 Å². The van der Waals surface area contributed by atoms with Gasteiger partial charge in [-0.3, -0.25) is 9.59 Å². The van der Waals surface area contributed by atoms with E-state index in [1.54, 1.807) is 18.3 Å². The fourth-order valence-electron chi connectivity index (χ4n) is 2.72. The van der Waals surface area contributed by atoms with Crippen LogP contribution in [0.25, 0.3) is 0 Å². The number of hydrogen-bond donors (Lipinski definition) is 2. The molecule has 1 aliphatic carbocycles. The summed E-state index contributed by atoms with van der Waals surface area (Å²) in [6, 6.07) is 3.44. The SMILES string of the molecule is CSc1ncccc1C(=O)NC1(CC(=O)O)CCCC1. The Morgan fingerprint density at radius 3 is 2.75 bits per heavy atom. The lowest BCUT2D eigenvalue weighted by Gasteiger charge is -2.28. The molecule has 1 heterocycles. The minimum absolute atomic E-state index is 0.0202. The molecule has 0 spiro atoms. The first kappa shape index (κ1) is 14.8. The second kappa shape index (κ2) is 6.26. The van der Waals surface area contributed by atoms with Crippen molar-refractivity contribution < 1.29 is 14.7 Å². The molecule has 0 aliphatic heterocycles. The zero-order valence-corrected chi connectivity index (χ0v) is 12.2. The lowest BCUT2D eigenvalue weighted by atomic mass is 9.93. The molecule has 0 aromatic carbocycles. The number of pyridine rings is 1. The van der Waals surface area contributed by atoms with Crippen molar-refractivity contribution >= 4 is 23.6 Å². The molecule has 5 nitrogen and oxygen atoms in total. The van der Waals surface area contributed by atoms with Crippen molar-refractivity contribution in [1.82, 2.24) is 10.3 Å². The van der Waals surface area contributed by atoms with Gasteiger partial charge >= 0.3 is 5.97 Å². The number of aromatic nitrogens is 1. The summed E-state index contributed by atoms with van der Waals surface area (Å²) in [7, 11) is 0. The number of carbonyl (C=O) groups excluding carboxylic acids is 1. The number of rotatable bonds is 5. The van der Waals surface area contributed by atoms with E-state index in [1.807, 2.05) is 6.26 Å². The van der Waals surface area contributed by atoms with E-state index in [4.69, 9.17) is 5.11 Å². The third-order valence-electron chi connectivity index (χ3n) is 3.64. The van der Waals surface area contributed by atoms with Crippen LogP contribution < -0.4 is 5.32 Å². The number of carbonyl (C=O) groups is 2. The van der Waals surface area contributed by atoms with Crippen molar-refractivity contribution in [2.75, 3.05) is 6.26 Å². The van der Waals surface area contributed by atoms with Gasteiger partial charge < -0.3 is 10.4 Å². The van der Waals surface area contributed by atoms with E-state index in [0.29, 0.717) is 10.6 Å². The Balaban J connectivity index is 2.18. The van der Waals surface area contributed by atoms with Gasteiger partial charge in [-0.05, 0) is 31.2 Å². The molecule has 108 valence electrons. The zero-order valence-electron chi connectivity index (χ0n) is 11.4. The molecule has 0 radical (unpaired) electrons. The molecule has 0 bridgehead atoms. The first-order chi connectivity index (χ1) is 9.56. The van der Waals surface area contributed by atoms with Crippen molar-refractivity contribution in [3.63, 3.8) is 0 Å². The summed E-state index contributed by atoms with van der Waals surface area (Å²) in [5.74, 6) is -1.10. The van der Waals surface area contributed by atoms with Crippen LogP contribution in [0.1, 0.15) is 42.5 Å². The molecule has 0 saturated heterocycles. The van der Waals surface area contributed by atoms with Crippen LogP contribution in [0.2, 0.25) is 0 Å². The van der Waals surface area contributed by atoms with Gasteiger partial charge in [0.1, 0.15) is 5.03 Å². The van der Waals surface area contributed by atoms with Gasteiger partial charge in [0, 0.05) is 6.20 Å². The monoisotopic (exact) mass is 294 g/mol. The number of nitrogens with zero attached hydrogens (tertiary/aromatic N) is 1. The quantitative estimate of drug-likeness (QED) is 0.815. The first-order valence-corrected chi connectivity index (χ1v) is 7.82. The Morgan fingerprint density at radius 1 is 1.45 bits per heavy atom. The lowest BCUT2D eigenvalue weighted by molar-refractivity contribution is -0.138. The minimum Gasteiger partial charge on any atom is -0.481 e. The highest BCUT2D eigenvalue weighted by Crippen LogP contribution is 2.33. The summed E-state index contributed by atoms with van der Waals surface area (Å²) >= 11 is 1.41. The highest BCUT2D eigenvalue weighted by Gasteiger charge is 2.37. The van der Waals surface area contributed by atoms with Crippen LogP contribution in [0.5, 0.6) is 0 Å². The summed E-state index contributed by atoms with van der Waals surface area (Å²) in [5, 5.41) is 12.7. The average Bonchev–Trinajstić information content (AvgIpc) is 2.85. The van der Waals surface area contributed by atoms with E-state index >= 15 is 0 Å². The van der Waals surface area contributed by atoms with Crippen molar-refractivity contribution in [2.45, 2.75) is 42.7 Å². The van der Waals surface area contributed by atoms with E-state index < -0.39 is 11.5 Å². The summed E-state index contributed by atoms with van der Waals surface area (Å²) < 4.78 is 0. The molecule has 2 rings (SSSR count). The van der Waals surface area contributed by atoms with Crippen molar-refractivity contribution in [1.29, 1.82) is 0 Å². The number of hydrogen-bond acceptors (Lipinski definition) is 4. The Morgan fingerprint density at radius 2 is 2.15 bits per heavy atom. The average molecular weight is 294 g/mol. The molecule has 1 aromatic rings. The maximum Gasteiger partial charge on any atom is 0.305 e. The van der Waals surface area contributed by atoms with Crippen LogP contribution >= 0.6 is 11.8 Å². The molecule has 0 unspecified atom stereocenters. The van der Waals surface area contributed by atoms with Crippen LogP contribution in [-0.4, -0.2) is 33.8 Å². The molecule has 1 saturated carbocycles. The Bertz CT molecular complexity index is 513. The predicted octanol–water partition coefficient (Wildman–Crippen LogP) is 2.32. The van der Waals surface area contributed by atoms with Gasteiger partial charge in [0.05, 0.1) is 17.5 Å². The summed E-state index contributed by atoms with van der Waals surface area (Å²) in [5.41, 5.74) is -0.0919. The highest BCUT2D eigenvalue weighted by atomic mass is 32.2. The Labute approximate surface area is 122 Å². The largest absolute Gasteiger partial charge is 0.481 e. The van der Waals surface area contributed by atoms with Crippen molar-refractivity contribution in [3.8, 4) is 0 Å². The van der Waals surface area contributed by atoms with Crippen LogP contribution in [-0.2, 0) is 4.79 Å². The minimum atomic E-state index is -0.872. The van der Waals surface area contributed by atoms with Crippen LogP contribution in [0.15, 0.2) is 23.4 Å². The highest BCUT2D eigenvalue weighted by molar-refractivity contribution is 7.98. The lowest BCUT2D eigenvalue weighted by Crippen LogP contribution is -2.48. The van der Waals surface area contributed by atoms with E-state index in [2.05, 4.69) is 10.3 Å². The van der Waals surface area contributed by atoms with Gasteiger partial charge in [0.15, 0.2) is 0 Å². The van der Waals surface area contributed by atoms with E-state index in [9.17, 15) is 9.59 Å². The number of thioether (sulfide) groups is 1. The van der Waals surface area contributed by atoms with E-state index in [0.717, 1.165) is 25.7 Å². The predicted molar refractivity (Wildman–Crippen MR) is 76.9 cm³/mol. The molecule has 6 heteroatoms. The van der Waals surface area contributed by atoms with Gasteiger partial charge in [-0.15, -0.1) is 11.8 Å². The summed E-state index contributed by atoms with van der Waals surface area (Å²) in [4.78, 5) is 27.6. The normalized spacial score (nSPS) is 16.9. The molecular formula is C14H18N2O3S. The van der Waals surface area contributed by atoms with Crippen molar-refractivity contribution in [3.05, 3.63) is 23.9 Å². The summed E-state index contributed by atoms with van der Waals surface area (Å²) in [6.45, 7) is 0. The topological polar surface area (TPSA) is 79.3 Å². The van der Waals surface area contributed by atoms with Gasteiger partial charge in [-0.25, -0.2) is 4.98 Å². The van der Waals surface area contributed by atoms with Gasteiger partial charge in [-0.1, -0.05) is 12.8 Å². The van der Waals surface area contributed by atoms with Gasteiger partial charge in [-0.2, -0.15) is 0 Å². The standard InChI is InChI=1S/C14H18N2O3S/c1-20-13-10(5-4-8-15-13)12(19)16-14(9-11(17)18)6-2-3-7-14/h4-5,8H,2-3,6-7,9H2,1H3,(H,16,19)(H,17,18). The Hall–Kier alpha value is -1.56. The van der Waals surface area contributed by atoms with E-state index in [1.165, 1.54) is 11.8 Å². The third kappa shape index (κ3) is 3.30. The number of aliphatic carboxylic acids is 1. The first-order valence-electron chi connectivity index (χ1n) is 6.60. The second-order valence-corrected chi connectivity index (χ2v) is 5.87. The second-order valence-electron chi connectivity index (χ2n) is 5.07. The molecule has 1 aromatic heterocycles. The fraction of sp³-hybridized carbons (Fsp3) is 0.500. The van der Waals surface area contributed by atoms with Gasteiger partial charge in [0.2, 0.25) is 0 Å². The molecule has 1 amide bonds. The number of carboxylic acids is 1. The molecule has 1 aliphatic rings. The summed E-state index contributed by atoms with van der Waals surface area (Å²) in [6.07, 6.45) is 6.84. The van der Waals surface area contributed by atoms with E-state index in [-0.39, 0.29) is 12.3 Å². The third-order valence-corrected chi connectivity index (χ3v) is 4.35. The number of carboxylic acid groups (broad SMARTS) is 1. The molecule has 20 heavy (non-hydrogen) atoms. The molecule has 0 atom stereocenters. The van der Waals surface area contributed by atoms with Crippen molar-refractivity contribution in [2.24, 2.45) is 0 Å². The number of amides is 1.